The van der Waals surface area contributed by atoms with Gasteiger partial charge in [-0.15, -0.1) is 0 Å². The third kappa shape index (κ3) is 2.84. The van der Waals surface area contributed by atoms with Crippen molar-refractivity contribution in [3.63, 3.8) is 0 Å². The minimum Gasteiger partial charge on any atom is -0.387 e. The average molecular weight is 251 g/mol. The van der Waals surface area contributed by atoms with Crippen molar-refractivity contribution in [3.05, 3.63) is 73.7 Å². The lowest BCUT2D eigenvalue weighted by Crippen LogP contribution is -2.13. The van der Waals surface area contributed by atoms with Crippen LogP contribution in [-0.4, -0.2) is 12.0 Å². The van der Waals surface area contributed by atoms with Gasteiger partial charge in [-0.3, -0.25) is 0 Å². The summed E-state index contributed by atoms with van der Waals surface area (Å²) in [6, 6.07) is 9.63. The molecule has 0 aromatic heterocycles. The number of allylic oxidation sites excluding steroid dienone is 1. The van der Waals surface area contributed by atoms with Crippen molar-refractivity contribution in [1.29, 1.82) is 0 Å². The van der Waals surface area contributed by atoms with E-state index >= 15 is 0 Å². The molecule has 0 unspecified atom stereocenters. The number of carbonyl (C=O) groups is 1. The highest BCUT2D eigenvalue weighted by atomic mass is 16.6. The number of aliphatic imine (C=N–C) groups is 1. The Labute approximate surface area is 112 Å². The van der Waals surface area contributed by atoms with Crippen molar-refractivity contribution in [1.82, 2.24) is 0 Å². The van der Waals surface area contributed by atoms with Crippen LogP contribution in [0.2, 0.25) is 0 Å². The number of para-hydroxylation sites is 1. The largest absolute Gasteiger partial charge is 0.387 e. The molecule has 5 radical (unpaired) electrons. The molecule has 0 saturated heterocycles. The Bertz CT molecular complexity index is 528. The van der Waals surface area contributed by atoms with E-state index in [0.717, 1.165) is 11.6 Å². The maximum absolute atomic E-state index is 11.7. The van der Waals surface area contributed by atoms with Crippen molar-refractivity contribution in [3.8, 4) is 0 Å². The fourth-order valence-corrected chi connectivity index (χ4v) is 1.75. The first kappa shape index (κ1) is 12.0. The molecule has 0 atom stereocenters. The van der Waals surface area contributed by atoms with Gasteiger partial charge in [0.25, 0.3) is 0 Å². The van der Waals surface area contributed by atoms with Crippen LogP contribution in [-0.2, 0) is 9.53 Å². The van der Waals surface area contributed by atoms with Crippen LogP contribution >= 0.6 is 0 Å². The molecular weight excluding hydrogens is 240 g/mol. The molecule has 1 heterocycles. The minimum atomic E-state index is -0.445. The number of carbonyl (C=O) groups excluding carboxylic acids is 1. The van der Waals surface area contributed by atoms with Gasteiger partial charge in [0.15, 0.2) is 5.70 Å². The number of esters is 1. The molecule has 1 aromatic rings. The fraction of sp³-hybridized carbons (Fsp3) is 0. The minimum absolute atomic E-state index is 0.203. The third-order valence-electron chi connectivity index (χ3n) is 2.64. The molecule has 0 spiro atoms. The number of nitrogens with zero attached hydrogens (tertiary/aromatic N) is 1. The highest BCUT2D eigenvalue weighted by Gasteiger charge is 2.25. The van der Waals surface area contributed by atoms with Gasteiger partial charge in [0, 0.05) is 11.6 Å². The number of anilines is 1. The van der Waals surface area contributed by atoms with E-state index in [1.807, 2.05) is 56.0 Å². The van der Waals surface area contributed by atoms with Gasteiger partial charge in [-0.2, -0.15) is 4.99 Å². The summed E-state index contributed by atoms with van der Waals surface area (Å²) in [5.74, 6) is 0.483. The Morgan fingerprint density at radius 3 is 2.58 bits per heavy atom. The summed E-state index contributed by atoms with van der Waals surface area (Å²) in [6.07, 6.45) is 9.30. The number of benzene rings is 1. The molecule has 4 heteroatoms. The molecule has 4 nitrogen and oxygen atoms in total. The molecule has 1 saturated carbocycles. The van der Waals surface area contributed by atoms with E-state index in [4.69, 9.17) is 4.74 Å². The summed E-state index contributed by atoms with van der Waals surface area (Å²) < 4.78 is 5.06. The van der Waals surface area contributed by atoms with Crippen LogP contribution in [0.4, 0.5) is 5.69 Å². The number of hydrogen-bond acceptors (Lipinski definition) is 4. The lowest BCUT2D eigenvalue weighted by molar-refractivity contribution is -0.130. The Kier molecular flexibility index (Phi) is 3.31. The van der Waals surface area contributed by atoms with Crippen molar-refractivity contribution >= 4 is 17.7 Å². The molecule has 0 amide bonds. The average Bonchev–Trinajstić information content (AvgIpc) is 3.02. The molecule has 1 fully saturated rings. The zero-order chi connectivity index (χ0) is 13.1. The molecule has 1 aliphatic carbocycles. The summed E-state index contributed by atoms with van der Waals surface area (Å²) in [7, 11) is 0. The van der Waals surface area contributed by atoms with E-state index < -0.39 is 5.97 Å². The second-order valence-electron chi connectivity index (χ2n) is 4.05. The van der Waals surface area contributed by atoms with Crippen LogP contribution in [0.5, 0.6) is 0 Å². The number of amidine groups is 1. The number of hydrogen-bond donors (Lipinski definition) is 1. The first-order chi connectivity index (χ1) is 9.31. The molecule has 1 aliphatic heterocycles. The predicted molar refractivity (Wildman–Crippen MR) is 72.1 cm³/mol. The second-order valence-corrected chi connectivity index (χ2v) is 4.05. The van der Waals surface area contributed by atoms with Gasteiger partial charge < -0.3 is 10.1 Å². The summed E-state index contributed by atoms with van der Waals surface area (Å²) in [5.41, 5.74) is 1.12. The molecule has 0 bridgehead atoms. The zero-order valence-electron chi connectivity index (χ0n) is 10.0. The van der Waals surface area contributed by atoms with Gasteiger partial charge in [-0.05, 0) is 43.9 Å². The van der Waals surface area contributed by atoms with Gasteiger partial charge in [0.05, 0.1) is 0 Å². The Hall–Kier alpha value is -2.10. The molecule has 2 aliphatic rings. The Morgan fingerprint density at radius 1 is 1.11 bits per heavy atom. The summed E-state index contributed by atoms with van der Waals surface area (Å²) in [4.78, 5) is 15.8. The first-order valence-corrected chi connectivity index (χ1v) is 5.87. The van der Waals surface area contributed by atoms with E-state index in [9.17, 15) is 4.79 Å². The van der Waals surface area contributed by atoms with Gasteiger partial charge >= 0.3 is 12.0 Å². The number of rotatable bonds is 2. The van der Waals surface area contributed by atoms with Crippen molar-refractivity contribution in [2.45, 2.75) is 0 Å². The molecule has 93 valence electrons. The lowest BCUT2D eigenvalue weighted by Gasteiger charge is -2.02. The van der Waals surface area contributed by atoms with Crippen LogP contribution in [0.15, 0.2) is 47.1 Å². The van der Waals surface area contributed by atoms with E-state index in [1.165, 1.54) is 0 Å². The van der Waals surface area contributed by atoms with Crippen LogP contribution in [0, 0.1) is 31.6 Å². The first-order valence-electron chi connectivity index (χ1n) is 5.87. The van der Waals surface area contributed by atoms with Gasteiger partial charge in [-0.1, -0.05) is 18.2 Å². The highest BCUT2D eigenvalue weighted by molar-refractivity contribution is 6.08. The number of ether oxygens (including phenoxy) is 1. The predicted octanol–water partition coefficient (Wildman–Crippen LogP) is 2.30. The molecule has 19 heavy (non-hydrogen) atoms. The van der Waals surface area contributed by atoms with Gasteiger partial charge in [-0.25, -0.2) is 4.79 Å². The van der Waals surface area contributed by atoms with Gasteiger partial charge in [0.1, 0.15) is 0 Å². The maximum atomic E-state index is 11.7. The van der Waals surface area contributed by atoms with Gasteiger partial charge in [0.2, 0.25) is 0 Å². The molecule has 3 rings (SSSR count). The van der Waals surface area contributed by atoms with E-state index in [1.54, 1.807) is 6.08 Å². The molecular formula is C15H11N2O2. The zero-order valence-corrected chi connectivity index (χ0v) is 10.0. The van der Waals surface area contributed by atoms with E-state index in [2.05, 4.69) is 10.3 Å². The normalized spacial score (nSPS) is 21.6. The van der Waals surface area contributed by atoms with Crippen molar-refractivity contribution in [2.75, 3.05) is 5.32 Å². The fourth-order valence-electron chi connectivity index (χ4n) is 1.75. The molecule has 1 aromatic carbocycles. The maximum Gasteiger partial charge on any atom is 0.364 e. The van der Waals surface area contributed by atoms with Crippen LogP contribution in [0.25, 0.3) is 0 Å². The summed E-state index contributed by atoms with van der Waals surface area (Å²) >= 11 is 0. The van der Waals surface area contributed by atoms with Crippen molar-refractivity contribution in [2.24, 2.45) is 4.99 Å². The summed E-state index contributed by atoms with van der Waals surface area (Å²) in [6.45, 7) is 0. The standard InChI is InChI=1S/C15H11N2O2/c18-14-13(10-11-6-4-5-7-11)17-15(19-14)16-12-8-2-1-3-9-12/h1-10H,(H,16,17)/b13-10-. The quantitative estimate of drug-likeness (QED) is 0.648. The Morgan fingerprint density at radius 2 is 1.84 bits per heavy atom. The SMILES string of the molecule is O=C1OC(Nc2ccccc2)=N/C1=C\[C]1[CH][CH][CH][CH]1. The smallest absolute Gasteiger partial charge is 0.364 e. The topological polar surface area (TPSA) is 50.7 Å². The monoisotopic (exact) mass is 251 g/mol. The number of cyclic esters (lactones) is 1. The van der Waals surface area contributed by atoms with E-state index in [-0.39, 0.29) is 6.02 Å². The van der Waals surface area contributed by atoms with Crippen LogP contribution in [0.3, 0.4) is 0 Å². The summed E-state index contributed by atoms with van der Waals surface area (Å²) in [5, 5.41) is 2.95. The highest BCUT2D eigenvalue weighted by Crippen LogP contribution is 2.27. The van der Waals surface area contributed by atoms with Crippen LogP contribution < -0.4 is 5.32 Å². The Balaban J connectivity index is 1.72. The second kappa shape index (κ2) is 5.26. The third-order valence-corrected chi connectivity index (χ3v) is 2.64. The van der Waals surface area contributed by atoms with E-state index in [0.29, 0.717) is 5.70 Å². The van der Waals surface area contributed by atoms with Crippen molar-refractivity contribution < 1.29 is 9.53 Å². The number of nitrogens with one attached hydrogen (secondary N) is 1. The lowest BCUT2D eigenvalue weighted by atomic mass is 10.1. The molecule has 1 N–H and O–H groups in total. The van der Waals surface area contributed by atoms with Crippen LogP contribution in [0.1, 0.15) is 0 Å².